The minimum Gasteiger partial charge on any atom is -0.388 e. The van der Waals surface area contributed by atoms with Crippen LogP contribution in [0.4, 0.5) is 0 Å². The smallest absolute Gasteiger partial charge is 0.257 e. The number of nitrogens with one attached hydrogen (secondary N) is 1. The van der Waals surface area contributed by atoms with E-state index in [0.29, 0.717) is 44.3 Å². The Morgan fingerprint density at radius 3 is 2.34 bits per heavy atom. The second kappa shape index (κ2) is 13.0. The van der Waals surface area contributed by atoms with Crippen LogP contribution in [-0.4, -0.2) is 92.9 Å². The molecular formula is C37H53N5O5. The molecule has 10 nitrogen and oxygen atoms in total. The van der Waals surface area contributed by atoms with Crippen LogP contribution in [0, 0.1) is 28.6 Å². The van der Waals surface area contributed by atoms with Gasteiger partial charge < -0.3 is 25.0 Å². The maximum absolute atomic E-state index is 14.2. The van der Waals surface area contributed by atoms with Crippen LogP contribution in [-0.2, 0) is 20.9 Å². The van der Waals surface area contributed by atoms with Gasteiger partial charge in [-0.25, -0.2) is 0 Å². The van der Waals surface area contributed by atoms with E-state index >= 15 is 0 Å². The van der Waals surface area contributed by atoms with Crippen molar-refractivity contribution in [2.24, 2.45) is 28.6 Å². The Kier molecular flexibility index (Phi) is 9.30. The molecule has 1 aromatic heterocycles. The summed E-state index contributed by atoms with van der Waals surface area (Å²) >= 11 is 0. The van der Waals surface area contributed by atoms with Gasteiger partial charge in [0.2, 0.25) is 11.8 Å². The quantitative estimate of drug-likeness (QED) is 0.379. The van der Waals surface area contributed by atoms with Crippen molar-refractivity contribution in [1.29, 1.82) is 0 Å². The summed E-state index contributed by atoms with van der Waals surface area (Å²) in [5.41, 5.74) is -0.201. The van der Waals surface area contributed by atoms with Crippen molar-refractivity contribution < 1.29 is 24.2 Å². The first-order chi connectivity index (χ1) is 22.3. The highest BCUT2D eigenvalue weighted by Crippen LogP contribution is 2.54. The third kappa shape index (κ3) is 7.28. The van der Waals surface area contributed by atoms with Crippen LogP contribution >= 0.6 is 0 Å². The van der Waals surface area contributed by atoms with E-state index in [4.69, 9.17) is 4.74 Å². The number of benzene rings is 1. The summed E-state index contributed by atoms with van der Waals surface area (Å²) in [4.78, 5) is 45.0. The molecule has 10 heteroatoms. The highest BCUT2D eigenvalue weighted by atomic mass is 16.5. The first kappa shape index (κ1) is 33.7. The lowest BCUT2D eigenvalue weighted by Crippen LogP contribution is -2.66. The van der Waals surface area contributed by atoms with Gasteiger partial charge in [-0.15, -0.1) is 0 Å². The second-order valence-electron chi connectivity index (χ2n) is 16.1. The molecule has 6 rings (SSSR count). The van der Waals surface area contributed by atoms with E-state index in [1.54, 1.807) is 35.8 Å². The van der Waals surface area contributed by atoms with Crippen LogP contribution in [0.1, 0.15) is 89.1 Å². The van der Waals surface area contributed by atoms with Crippen LogP contribution in [0.15, 0.2) is 42.7 Å². The van der Waals surface area contributed by atoms with Crippen LogP contribution in [0.25, 0.3) is 0 Å². The van der Waals surface area contributed by atoms with Crippen molar-refractivity contribution in [3.8, 4) is 0 Å². The Labute approximate surface area is 279 Å². The zero-order valence-corrected chi connectivity index (χ0v) is 28.8. The monoisotopic (exact) mass is 647 g/mol. The number of likely N-dealkylation sites (tertiary alicyclic amines) is 2. The number of ether oxygens (including phenoxy) is 1. The van der Waals surface area contributed by atoms with E-state index in [9.17, 15) is 19.5 Å². The molecule has 47 heavy (non-hydrogen) atoms. The SMILES string of the molecule is C[C@@H](OCC1CCCCC1)[C@H](NC(=O)[C@@H]1CN(C(=O)c2cnn(Cc3ccccc3)c2)CC12CN(C(=O)[C@H]1CC1(C)C)C2)C(C)(C)O. The number of carbonyl (C=O) groups is 3. The predicted octanol–water partition coefficient (Wildman–Crippen LogP) is 4.12. The second-order valence-corrected chi connectivity index (χ2v) is 16.1. The lowest BCUT2D eigenvalue weighted by molar-refractivity contribution is -0.152. The molecule has 4 aliphatic rings. The molecule has 3 heterocycles. The van der Waals surface area contributed by atoms with E-state index in [0.717, 1.165) is 24.8 Å². The summed E-state index contributed by atoms with van der Waals surface area (Å²) in [7, 11) is 0. The van der Waals surface area contributed by atoms with Crippen molar-refractivity contribution in [2.75, 3.05) is 32.8 Å². The third-order valence-electron chi connectivity index (χ3n) is 11.3. The maximum atomic E-state index is 14.2. The Bertz CT molecular complexity index is 1440. The van der Waals surface area contributed by atoms with Gasteiger partial charge in [-0.2, -0.15) is 5.10 Å². The lowest BCUT2D eigenvalue weighted by atomic mass is 9.70. The van der Waals surface area contributed by atoms with Crippen LogP contribution in [0.3, 0.4) is 0 Å². The zero-order chi connectivity index (χ0) is 33.6. The molecule has 0 radical (unpaired) electrons. The summed E-state index contributed by atoms with van der Waals surface area (Å²) < 4.78 is 8.04. The van der Waals surface area contributed by atoms with E-state index in [1.165, 1.54) is 19.3 Å². The van der Waals surface area contributed by atoms with Gasteiger partial charge in [0.05, 0.1) is 42.0 Å². The van der Waals surface area contributed by atoms with Crippen molar-refractivity contribution in [3.63, 3.8) is 0 Å². The molecular weight excluding hydrogens is 594 g/mol. The van der Waals surface area contributed by atoms with Gasteiger partial charge >= 0.3 is 0 Å². The molecule has 256 valence electrons. The Morgan fingerprint density at radius 1 is 1.04 bits per heavy atom. The number of aliphatic hydroxyl groups is 1. The third-order valence-corrected chi connectivity index (χ3v) is 11.3. The normalized spacial score (nSPS) is 24.9. The first-order valence-corrected chi connectivity index (χ1v) is 17.5. The number of amides is 3. The largest absolute Gasteiger partial charge is 0.388 e. The Balaban J connectivity index is 1.16. The summed E-state index contributed by atoms with van der Waals surface area (Å²) in [6.45, 7) is 12.2. The van der Waals surface area contributed by atoms with E-state index in [1.807, 2.05) is 42.2 Å². The summed E-state index contributed by atoms with van der Waals surface area (Å²) in [5, 5.41) is 18.8. The first-order valence-electron chi connectivity index (χ1n) is 17.5. The van der Waals surface area contributed by atoms with Crippen LogP contribution < -0.4 is 5.32 Å². The molecule has 2 saturated carbocycles. The van der Waals surface area contributed by atoms with E-state index in [2.05, 4.69) is 24.3 Å². The number of nitrogens with zero attached hydrogens (tertiary/aromatic N) is 4. The minimum atomic E-state index is -1.23. The average Bonchev–Trinajstić information content (AvgIpc) is 3.34. The molecule has 0 bridgehead atoms. The zero-order valence-electron chi connectivity index (χ0n) is 28.8. The topological polar surface area (TPSA) is 117 Å². The highest BCUT2D eigenvalue weighted by molar-refractivity contribution is 5.95. The van der Waals surface area contributed by atoms with Crippen molar-refractivity contribution in [2.45, 2.75) is 97.4 Å². The van der Waals surface area contributed by atoms with Gasteiger partial charge in [0, 0.05) is 50.3 Å². The van der Waals surface area contributed by atoms with Gasteiger partial charge in [0.1, 0.15) is 0 Å². The van der Waals surface area contributed by atoms with Crippen LogP contribution in [0.5, 0.6) is 0 Å². The van der Waals surface area contributed by atoms with Crippen LogP contribution in [0.2, 0.25) is 0 Å². The fourth-order valence-corrected chi connectivity index (χ4v) is 8.16. The molecule has 4 fully saturated rings. The fourth-order valence-electron chi connectivity index (χ4n) is 8.16. The van der Waals surface area contributed by atoms with Crippen molar-refractivity contribution in [1.82, 2.24) is 24.9 Å². The molecule has 1 aromatic carbocycles. The highest BCUT2D eigenvalue weighted by Gasteiger charge is 2.62. The van der Waals surface area contributed by atoms with Gasteiger partial charge in [-0.05, 0) is 56.9 Å². The van der Waals surface area contributed by atoms with Crippen molar-refractivity contribution >= 4 is 17.7 Å². The molecule has 3 amide bonds. The van der Waals surface area contributed by atoms with E-state index < -0.39 is 29.1 Å². The van der Waals surface area contributed by atoms with Crippen molar-refractivity contribution in [3.05, 3.63) is 53.9 Å². The summed E-state index contributed by atoms with van der Waals surface area (Å²) in [6, 6.07) is 9.32. The molecule has 2 aromatic rings. The number of rotatable bonds is 11. The van der Waals surface area contributed by atoms with Gasteiger partial charge in [-0.3, -0.25) is 19.1 Å². The molecule has 4 atom stereocenters. The average molecular weight is 648 g/mol. The van der Waals surface area contributed by atoms with Gasteiger partial charge in [0.25, 0.3) is 5.91 Å². The standard InChI is InChI=1S/C37H53N5O5/c1-25(47-21-27-14-10-7-11-15-27)31(36(4,5)46)39-32(43)30-20-40(22-37(30)23-41(24-37)34(45)29-16-35(29,2)3)33(44)28-17-38-42(19-28)18-26-12-8-6-9-13-26/h6,8-9,12-13,17,19,25,27,29-31,46H,7,10-11,14-16,18,20-24H2,1-5H3,(H,39,43)/t25-,29-,30+,31+/m1/s1. The van der Waals surface area contributed by atoms with Gasteiger partial charge in [-0.1, -0.05) is 63.4 Å². The van der Waals surface area contributed by atoms with E-state index in [-0.39, 0.29) is 35.6 Å². The number of hydrogen-bond donors (Lipinski definition) is 2. The predicted molar refractivity (Wildman–Crippen MR) is 178 cm³/mol. The minimum absolute atomic E-state index is 0.0158. The maximum Gasteiger partial charge on any atom is 0.257 e. The lowest BCUT2D eigenvalue weighted by Gasteiger charge is -2.51. The molecule has 2 aliphatic heterocycles. The Hall–Kier alpha value is -3.24. The number of aromatic nitrogens is 2. The van der Waals surface area contributed by atoms with Gasteiger partial charge in [0.15, 0.2) is 0 Å². The molecule has 0 unspecified atom stereocenters. The summed E-state index contributed by atoms with van der Waals surface area (Å²) in [6.07, 6.45) is 9.85. The number of carbonyl (C=O) groups excluding carboxylic acids is 3. The molecule has 2 saturated heterocycles. The molecule has 1 spiro atoms. The molecule has 2 N–H and O–H groups in total. The summed E-state index contributed by atoms with van der Waals surface area (Å²) in [5.74, 6) is -0.240. The Morgan fingerprint density at radius 2 is 1.70 bits per heavy atom. The molecule has 2 aliphatic carbocycles. The number of hydrogen-bond acceptors (Lipinski definition) is 6. The fraction of sp³-hybridized carbons (Fsp3) is 0.676.